The number of primary amides is 1. The lowest BCUT2D eigenvalue weighted by molar-refractivity contribution is -0.384. The van der Waals surface area contributed by atoms with Crippen molar-refractivity contribution in [1.82, 2.24) is 5.32 Å². The molecule has 0 aliphatic heterocycles. The zero-order valence-corrected chi connectivity index (χ0v) is 11.8. The summed E-state index contributed by atoms with van der Waals surface area (Å²) in [7, 11) is 0. The number of rotatable bonds is 6. The highest BCUT2D eigenvalue weighted by molar-refractivity contribution is 5.97. The Labute approximate surface area is 121 Å². The largest absolute Gasteiger partial charge is 0.352 e. The Hall–Kier alpha value is -2.64. The van der Waals surface area contributed by atoms with Crippen LogP contribution in [-0.2, 0) is 4.79 Å². The maximum Gasteiger partial charge on any atom is 0.312 e. The van der Waals surface area contributed by atoms with E-state index in [0.717, 1.165) is 0 Å². The van der Waals surface area contributed by atoms with Gasteiger partial charge < -0.3 is 16.4 Å². The molecule has 0 aromatic heterocycles. The quantitative estimate of drug-likeness (QED) is 0.544. The number of nitro benzene ring substituents is 1. The van der Waals surface area contributed by atoms with Gasteiger partial charge in [0.25, 0.3) is 5.69 Å². The summed E-state index contributed by atoms with van der Waals surface area (Å²) in [6, 6.07) is 3.97. The molecule has 0 saturated heterocycles. The van der Waals surface area contributed by atoms with E-state index in [9.17, 15) is 19.7 Å². The van der Waals surface area contributed by atoms with E-state index in [2.05, 4.69) is 10.6 Å². The summed E-state index contributed by atoms with van der Waals surface area (Å²) in [6.45, 7) is 3.80. The van der Waals surface area contributed by atoms with Crippen LogP contribution in [0, 0.1) is 16.0 Å². The molecule has 0 bridgehead atoms. The van der Waals surface area contributed by atoms with E-state index in [-0.39, 0.29) is 17.3 Å². The lowest BCUT2D eigenvalue weighted by Crippen LogP contribution is -2.46. The van der Waals surface area contributed by atoms with Gasteiger partial charge in [-0.25, -0.2) is 4.79 Å². The predicted molar refractivity (Wildman–Crippen MR) is 77.7 cm³/mol. The first-order chi connectivity index (χ1) is 9.79. The zero-order chi connectivity index (χ0) is 16.0. The fourth-order valence-corrected chi connectivity index (χ4v) is 1.80. The summed E-state index contributed by atoms with van der Waals surface area (Å²) >= 11 is 0. The summed E-state index contributed by atoms with van der Waals surface area (Å²) in [6.07, 6.45) is 0.406. The summed E-state index contributed by atoms with van der Waals surface area (Å²) in [5.41, 5.74) is 5.20. The average molecular weight is 294 g/mol. The van der Waals surface area contributed by atoms with Gasteiger partial charge in [0.05, 0.1) is 4.92 Å². The van der Waals surface area contributed by atoms with Crippen molar-refractivity contribution in [1.29, 1.82) is 0 Å². The number of nitrogens with two attached hydrogens (primary N) is 1. The minimum Gasteiger partial charge on any atom is -0.352 e. The molecular weight excluding hydrogens is 276 g/mol. The van der Waals surface area contributed by atoms with Gasteiger partial charge in [-0.1, -0.05) is 19.9 Å². The number of nitrogens with one attached hydrogen (secondary N) is 2. The summed E-state index contributed by atoms with van der Waals surface area (Å²) in [5, 5.41) is 15.6. The SMILES string of the molecule is CC(C)C[C@H](NC(N)=O)C(=O)Nc1cccc([N+](=O)[O-])c1. The van der Waals surface area contributed by atoms with Crippen LogP contribution in [0.4, 0.5) is 16.2 Å². The van der Waals surface area contributed by atoms with Gasteiger partial charge in [0.1, 0.15) is 6.04 Å². The number of anilines is 1. The van der Waals surface area contributed by atoms with Gasteiger partial charge in [-0.15, -0.1) is 0 Å². The lowest BCUT2D eigenvalue weighted by Gasteiger charge is -2.19. The monoisotopic (exact) mass is 294 g/mol. The summed E-state index contributed by atoms with van der Waals surface area (Å²) in [4.78, 5) is 33.2. The number of hydrogen-bond donors (Lipinski definition) is 3. The fraction of sp³-hybridized carbons (Fsp3) is 0.385. The van der Waals surface area contributed by atoms with E-state index in [0.29, 0.717) is 6.42 Å². The minimum atomic E-state index is -0.796. The molecular formula is C13H18N4O4. The van der Waals surface area contributed by atoms with Crippen LogP contribution in [0.3, 0.4) is 0 Å². The molecule has 0 fully saturated rings. The standard InChI is InChI=1S/C13H18N4O4/c1-8(2)6-11(16-13(14)19)12(18)15-9-4-3-5-10(7-9)17(20)21/h3-5,7-8,11H,6H2,1-2H3,(H,15,18)(H3,14,16,19)/t11-/m0/s1. The Kier molecular flexibility index (Phi) is 5.65. The molecule has 8 heteroatoms. The third-order valence-corrected chi connectivity index (χ3v) is 2.66. The number of urea groups is 1. The second-order valence-electron chi connectivity index (χ2n) is 4.99. The fourth-order valence-electron chi connectivity index (χ4n) is 1.80. The number of benzene rings is 1. The van der Waals surface area contributed by atoms with Crippen LogP contribution < -0.4 is 16.4 Å². The van der Waals surface area contributed by atoms with Crippen molar-refractivity contribution in [2.45, 2.75) is 26.3 Å². The van der Waals surface area contributed by atoms with E-state index >= 15 is 0 Å². The molecule has 8 nitrogen and oxygen atoms in total. The Morgan fingerprint density at radius 1 is 1.38 bits per heavy atom. The van der Waals surface area contributed by atoms with Crippen molar-refractivity contribution in [2.75, 3.05) is 5.32 Å². The van der Waals surface area contributed by atoms with Gasteiger partial charge in [-0.05, 0) is 18.4 Å². The second-order valence-corrected chi connectivity index (χ2v) is 4.99. The van der Waals surface area contributed by atoms with Crippen LogP contribution in [0.15, 0.2) is 24.3 Å². The molecule has 3 amide bonds. The maximum atomic E-state index is 12.1. The molecule has 1 atom stereocenters. The van der Waals surface area contributed by atoms with Gasteiger partial charge in [0.15, 0.2) is 0 Å². The Morgan fingerprint density at radius 2 is 2.05 bits per heavy atom. The third kappa shape index (κ3) is 5.47. The molecule has 21 heavy (non-hydrogen) atoms. The number of nitrogens with zero attached hydrogens (tertiary/aromatic N) is 1. The second kappa shape index (κ2) is 7.22. The molecule has 114 valence electrons. The topological polar surface area (TPSA) is 127 Å². The molecule has 0 saturated carbocycles. The molecule has 1 aromatic rings. The molecule has 0 aliphatic carbocycles. The Morgan fingerprint density at radius 3 is 2.57 bits per heavy atom. The minimum absolute atomic E-state index is 0.129. The van der Waals surface area contributed by atoms with Crippen LogP contribution >= 0.6 is 0 Å². The van der Waals surface area contributed by atoms with E-state index in [1.807, 2.05) is 13.8 Å². The van der Waals surface area contributed by atoms with Gasteiger partial charge in [0.2, 0.25) is 5.91 Å². The van der Waals surface area contributed by atoms with Crippen LogP contribution in [0.25, 0.3) is 0 Å². The zero-order valence-electron chi connectivity index (χ0n) is 11.8. The van der Waals surface area contributed by atoms with Crippen LogP contribution in [-0.4, -0.2) is 22.9 Å². The van der Waals surface area contributed by atoms with E-state index in [1.165, 1.54) is 24.3 Å². The molecule has 0 radical (unpaired) electrons. The number of carbonyl (C=O) groups excluding carboxylic acids is 2. The number of hydrogen-bond acceptors (Lipinski definition) is 4. The highest BCUT2D eigenvalue weighted by atomic mass is 16.6. The van der Waals surface area contributed by atoms with Crippen molar-refractivity contribution in [3.63, 3.8) is 0 Å². The summed E-state index contributed by atoms with van der Waals surface area (Å²) in [5.74, 6) is -0.305. The van der Waals surface area contributed by atoms with Gasteiger partial charge in [0, 0.05) is 17.8 Å². The van der Waals surface area contributed by atoms with Crippen molar-refractivity contribution in [2.24, 2.45) is 11.7 Å². The molecule has 0 spiro atoms. The Balaban J connectivity index is 2.82. The van der Waals surface area contributed by atoms with Gasteiger partial charge in [-0.2, -0.15) is 0 Å². The molecule has 4 N–H and O–H groups in total. The average Bonchev–Trinajstić information content (AvgIpc) is 2.37. The molecule has 0 aliphatic rings. The Bertz CT molecular complexity index is 545. The van der Waals surface area contributed by atoms with Crippen LogP contribution in [0.1, 0.15) is 20.3 Å². The van der Waals surface area contributed by atoms with Crippen molar-refractivity contribution in [3.05, 3.63) is 34.4 Å². The smallest absolute Gasteiger partial charge is 0.312 e. The first kappa shape index (κ1) is 16.4. The maximum absolute atomic E-state index is 12.1. The van der Waals surface area contributed by atoms with Crippen molar-refractivity contribution in [3.8, 4) is 0 Å². The lowest BCUT2D eigenvalue weighted by atomic mass is 10.0. The number of nitro groups is 1. The van der Waals surface area contributed by atoms with E-state index < -0.39 is 22.9 Å². The number of carbonyl (C=O) groups is 2. The highest BCUT2D eigenvalue weighted by Crippen LogP contribution is 2.17. The number of non-ortho nitro benzene ring substituents is 1. The van der Waals surface area contributed by atoms with Crippen molar-refractivity contribution >= 4 is 23.3 Å². The molecule has 0 unspecified atom stereocenters. The van der Waals surface area contributed by atoms with Crippen LogP contribution in [0.2, 0.25) is 0 Å². The van der Waals surface area contributed by atoms with Gasteiger partial charge >= 0.3 is 6.03 Å². The first-order valence-corrected chi connectivity index (χ1v) is 6.41. The van der Waals surface area contributed by atoms with Gasteiger partial charge in [-0.3, -0.25) is 14.9 Å². The third-order valence-electron chi connectivity index (χ3n) is 2.66. The first-order valence-electron chi connectivity index (χ1n) is 6.41. The normalized spacial score (nSPS) is 11.8. The number of amides is 3. The molecule has 1 rings (SSSR count). The summed E-state index contributed by atoms with van der Waals surface area (Å²) < 4.78 is 0. The molecule has 1 aromatic carbocycles. The van der Waals surface area contributed by atoms with E-state index in [1.54, 1.807) is 0 Å². The van der Waals surface area contributed by atoms with Crippen LogP contribution in [0.5, 0.6) is 0 Å². The van der Waals surface area contributed by atoms with E-state index in [4.69, 9.17) is 5.73 Å². The highest BCUT2D eigenvalue weighted by Gasteiger charge is 2.21. The molecule has 0 heterocycles. The predicted octanol–water partition coefficient (Wildman–Crippen LogP) is 1.62. The van der Waals surface area contributed by atoms with Crippen molar-refractivity contribution < 1.29 is 14.5 Å².